The predicted molar refractivity (Wildman–Crippen MR) is 75.8 cm³/mol. The fourth-order valence-corrected chi connectivity index (χ4v) is 2.66. The third-order valence-corrected chi connectivity index (χ3v) is 4.06. The standard InChI is InChI=1S/C13H20ClN3O2/c1-9-4-3-5-10(9)16-11-8-15-17(6-7-19-2)13(18)12(11)14/h8-10,16H,3-7H2,1-2H3. The van der Waals surface area contributed by atoms with Gasteiger partial charge in [-0.2, -0.15) is 5.10 Å². The lowest BCUT2D eigenvalue weighted by atomic mass is 10.1. The molecule has 1 aromatic heterocycles. The molecule has 0 saturated heterocycles. The lowest BCUT2D eigenvalue weighted by Crippen LogP contribution is -2.28. The van der Waals surface area contributed by atoms with Gasteiger partial charge in [-0.15, -0.1) is 0 Å². The molecule has 1 aromatic rings. The van der Waals surface area contributed by atoms with Crippen molar-refractivity contribution in [1.29, 1.82) is 0 Å². The van der Waals surface area contributed by atoms with E-state index in [4.69, 9.17) is 16.3 Å². The number of nitrogens with one attached hydrogen (secondary N) is 1. The Balaban J connectivity index is 2.14. The Kier molecular flexibility index (Phi) is 4.82. The molecule has 2 atom stereocenters. The van der Waals surface area contributed by atoms with Gasteiger partial charge in [-0.3, -0.25) is 4.79 Å². The highest BCUT2D eigenvalue weighted by molar-refractivity contribution is 6.32. The monoisotopic (exact) mass is 285 g/mol. The third kappa shape index (κ3) is 3.28. The van der Waals surface area contributed by atoms with E-state index in [1.54, 1.807) is 13.3 Å². The lowest BCUT2D eigenvalue weighted by Gasteiger charge is -2.19. The number of aromatic nitrogens is 2. The smallest absolute Gasteiger partial charge is 0.287 e. The van der Waals surface area contributed by atoms with Crippen LogP contribution in [0.3, 0.4) is 0 Å². The van der Waals surface area contributed by atoms with Gasteiger partial charge in [-0.05, 0) is 18.8 Å². The molecule has 19 heavy (non-hydrogen) atoms. The Morgan fingerprint density at radius 1 is 1.58 bits per heavy atom. The third-order valence-electron chi connectivity index (χ3n) is 3.69. The number of hydrogen-bond acceptors (Lipinski definition) is 4. The van der Waals surface area contributed by atoms with Crippen LogP contribution in [-0.2, 0) is 11.3 Å². The first-order chi connectivity index (χ1) is 9.13. The van der Waals surface area contributed by atoms with E-state index in [1.165, 1.54) is 17.5 Å². The molecular weight excluding hydrogens is 266 g/mol. The fraction of sp³-hybridized carbons (Fsp3) is 0.692. The van der Waals surface area contributed by atoms with E-state index >= 15 is 0 Å². The van der Waals surface area contributed by atoms with E-state index in [0.717, 1.165) is 6.42 Å². The summed E-state index contributed by atoms with van der Waals surface area (Å²) in [7, 11) is 1.59. The van der Waals surface area contributed by atoms with Crippen molar-refractivity contribution < 1.29 is 4.74 Å². The van der Waals surface area contributed by atoms with Gasteiger partial charge in [0.1, 0.15) is 5.02 Å². The number of nitrogens with zero attached hydrogens (tertiary/aromatic N) is 2. The maximum Gasteiger partial charge on any atom is 0.287 e. The van der Waals surface area contributed by atoms with E-state index < -0.39 is 0 Å². The van der Waals surface area contributed by atoms with Gasteiger partial charge in [0.2, 0.25) is 0 Å². The summed E-state index contributed by atoms with van der Waals surface area (Å²) in [6, 6.07) is 0.383. The highest BCUT2D eigenvalue weighted by atomic mass is 35.5. The summed E-state index contributed by atoms with van der Waals surface area (Å²) < 4.78 is 6.26. The molecule has 5 nitrogen and oxygen atoms in total. The summed E-state index contributed by atoms with van der Waals surface area (Å²) in [6.45, 7) is 3.07. The second-order valence-electron chi connectivity index (χ2n) is 5.05. The Morgan fingerprint density at radius 3 is 3.00 bits per heavy atom. The van der Waals surface area contributed by atoms with Crippen molar-refractivity contribution >= 4 is 17.3 Å². The van der Waals surface area contributed by atoms with Crippen molar-refractivity contribution in [2.45, 2.75) is 38.8 Å². The Bertz CT molecular complexity index is 489. The van der Waals surface area contributed by atoms with Gasteiger partial charge in [0.25, 0.3) is 5.56 Å². The van der Waals surface area contributed by atoms with E-state index in [0.29, 0.717) is 30.8 Å². The molecule has 0 radical (unpaired) electrons. The van der Waals surface area contributed by atoms with E-state index in [1.807, 2.05) is 0 Å². The van der Waals surface area contributed by atoms with E-state index in [-0.39, 0.29) is 10.6 Å². The van der Waals surface area contributed by atoms with Crippen LogP contribution in [0.2, 0.25) is 5.02 Å². The molecule has 6 heteroatoms. The number of anilines is 1. The first-order valence-corrected chi connectivity index (χ1v) is 7.02. The quantitative estimate of drug-likeness (QED) is 0.901. The molecule has 0 aliphatic heterocycles. The molecule has 0 spiro atoms. The number of methoxy groups -OCH3 is 1. The molecule has 1 N–H and O–H groups in total. The lowest BCUT2D eigenvalue weighted by molar-refractivity contribution is 0.182. The Labute approximate surface area is 117 Å². The fourth-order valence-electron chi connectivity index (χ4n) is 2.46. The molecule has 0 aromatic carbocycles. The van der Waals surface area contributed by atoms with Crippen LogP contribution in [0.5, 0.6) is 0 Å². The summed E-state index contributed by atoms with van der Waals surface area (Å²) in [4.78, 5) is 12.0. The van der Waals surface area contributed by atoms with Crippen LogP contribution in [0, 0.1) is 5.92 Å². The van der Waals surface area contributed by atoms with Crippen LogP contribution in [-0.4, -0.2) is 29.5 Å². The molecule has 1 heterocycles. The topological polar surface area (TPSA) is 56.1 Å². The summed E-state index contributed by atoms with van der Waals surface area (Å²) in [5.41, 5.74) is 0.369. The van der Waals surface area contributed by atoms with Crippen LogP contribution in [0.15, 0.2) is 11.0 Å². The van der Waals surface area contributed by atoms with Crippen molar-refractivity contribution in [2.24, 2.45) is 5.92 Å². The average molecular weight is 286 g/mol. The molecule has 1 aliphatic carbocycles. The zero-order valence-corrected chi connectivity index (χ0v) is 12.1. The zero-order chi connectivity index (χ0) is 13.8. The summed E-state index contributed by atoms with van der Waals surface area (Å²) >= 11 is 6.13. The molecule has 1 aliphatic rings. The summed E-state index contributed by atoms with van der Waals surface area (Å²) in [5, 5.41) is 7.68. The maximum absolute atomic E-state index is 12.0. The van der Waals surface area contributed by atoms with Crippen LogP contribution in [0.25, 0.3) is 0 Å². The maximum atomic E-state index is 12.0. The summed E-state index contributed by atoms with van der Waals surface area (Å²) in [6.07, 6.45) is 5.18. The SMILES string of the molecule is COCCn1ncc(NC2CCCC2C)c(Cl)c1=O. The van der Waals surface area contributed by atoms with Gasteiger partial charge in [-0.25, -0.2) is 4.68 Å². The van der Waals surface area contributed by atoms with Crippen LogP contribution < -0.4 is 10.9 Å². The van der Waals surface area contributed by atoms with Crippen LogP contribution in [0.1, 0.15) is 26.2 Å². The van der Waals surface area contributed by atoms with Crippen molar-refractivity contribution in [3.8, 4) is 0 Å². The second-order valence-corrected chi connectivity index (χ2v) is 5.43. The van der Waals surface area contributed by atoms with Gasteiger partial charge in [0, 0.05) is 13.2 Å². The van der Waals surface area contributed by atoms with E-state index in [9.17, 15) is 4.79 Å². The van der Waals surface area contributed by atoms with Gasteiger partial charge in [0.05, 0.1) is 25.0 Å². The number of halogens is 1. The number of rotatable bonds is 5. The number of hydrogen-bond donors (Lipinski definition) is 1. The Morgan fingerprint density at radius 2 is 2.37 bits per heavy atom. The molecule has 2 rings (SSSR count). The molecule has 0 amide bonds. The number of ether oxygens (including phenoxy) is 1. The van der Waals surface area contributed by atoms with Crippen molar-refractivity contribution in [2.75, 3.05) is 19.0 Å². The second kappa shape index (κ2) is 6.39. The van der Waals surface area contributed by atoms with Crippen molar-refractivity contribution in [1.82, 2.24) is 9.78 Å². The van der Waals surface area contributed by atoms with Gasteiger partial charge in [-0.1, -0.05) is 24.9 Å². The molecular formula is C13H20ClN3O2. The van der Waals surface area contributed by atoms with Gasteiger partial charge >= 0.3 is 0 Å². The Hall–Kier alpha value is -1.07. The highest BCUT2D eigenvalue weighted by Crippen LogP contribution is 2.29. The van der Waals surface area contributed by atoms with Crippen LogP contribution >= 0.6 is 11.6 Å². The van der Waals surface area contributed by atoms with Gasteiger partial charge in [0.15, 0.2) is 0 Å². The normalized spacial score (nSPS) is 22.7. The largest absolute Gasteiger partial charge is 0.383 e. The zero-order valence-electron chi connectivity index (χ0n) is 11.4. The molecule has 0 bridgehead atoms. The molecule has 1 saturated carbocycles. The van der Waals surface area contributed by atoms with Crippen LogP contribution in [0.4, 0.5) is 5.69 Å². The average Bonchev–Trinajstić information content (AvgIpc) is 2.80. The molecule has 106 valence electrons. The minimum atomic E-state index is -0.269. The predicted octanol–water partition coefficient (Wildman–Crippen LogP) is 2.14. The van der Waals surface area contributed by atoms with E-state index in [2.05, 4.69) is 17.3 Å². The minimum absolute atomic E-state index is 0.213. The first-order valence-electron chi connectivity index (χ1n) is 6.64. The highest BCUT2D eigenvalue weighted by Gasteiger charge is 2.24. The minimum Gasteiger partial charge on any atom is -0.383 e. The molecule has 2 unspecified atom stereocenters. The van der Waals surface area contributed by atoms with Gasteiger partial charge < -0.3 is 10.1 Å². The summed E-state index contributed by atoms with van der Waals surface area (Å²) in [5.74, 6) is 0.604. The van der Waals surface area contributed by atoms with Crippen molar-refractivity contribution in [3.05, 3.63) is 21.6 Å². The first kappa shape index (κ1) is 14.3. The molecule has 1 fully saturated rings. The van der Waals surface area contributed by atoms with Crippen molar-refractivity contribution in [3.63, 3.8) is 0 Å².